The fourth-order valence-corrected chi connectivity index (χ4v) is 1.95. The standard InChI is InChI=1S/C9H10ClIN2O/c1-12-5-9(14)13-8-3-2-6(10)4-7(8)11/h2-4,12H,5H2,1H3,(H,13,14). The van der Waals surface area contributed by atoms with Gasteiger partial charge >= 0.3 is 0 Å². The van der Waals surface area contributed by atoms with Gasteiger partial charge in [-0.3, -0.25) is 4.79 Å². The van der Waals surface area contributed by atoms with Crippen molar-refractivity contribution in [2.75, 3.05) is 18.9 Å². The normalized spacial score (nSPS) is 9.93. The van der Waals surface area contributed by atoms with Gasteiger partial charge < -0.3 is 10.6 Å². The minimum atomic E-state index is -0.0623. The summed E-state index contributed by atoms with van der Waals surface area (Å²) in [5, 5.41) is 6.22. The SMILES string of the molecule is CNCC(=O)Nc1ccc(Cl)cc1I. The zero-order chi connectivity index (χ0) is 10.6. The molecule has 3 nitrogen and oxygen atoms in total. The molecule has 1 aromatic carbocycles. The molecule has 2 N–H and O–H groups in total. The number of likely N-dealkylation sites (N-methyl/N-ethyl adjacent to an activating group) is 1. The number of hydrogen-bond acceptors (Lipinski definition) is 2. The zero-order valence-corrected chi connectivity index (χ0v) is 10.5. The third-order valence-electron chi connectivity index (χ3n) is 1.54. The van der Waals surface area contributed by atoms with Crippen LogP contribution < -0.4 is 10.6 Å². The van der Waals surface area contributed by atoms with Crippen molar-refractivity contribution in [3.05, 3.63) is 26.8 Å². The lowest BCUT2D eigenvalue weighted by Gasteiger charge is -2.06. The van der Waals surface area contributed by atoms with Crippen LogP contribution in [0, 0.1) is 3.57 Å². The molecule has 14 heavy (non-hydrogen) atoms. The monoisotopic (exact) mass is 324 g/mol. The quantitative estimate of drug-likeness (QED) is 0.836. The van der Waals surface area contributed by atoms with Crippen molar-refractivity contribution in [3.63, 3.8) is 0 Å². The smallest absolute Gasteiger partial charge is 0.238 e. The predicted molar refractivity (Wildman–Crippen MR) is 66.7 cm³/mol. The number of benzene rings is 1. The maximum absolute atomic E-state index is 11.2. The number of hydrogen-bond donors (Lipinski definition) is 2. The van der Waals surface area contributed by atoms with Crippen LogP contribution in [-0.2, 0) is 4.79 Å². The van der Waals surface area contributed by atoms with Crippen molar-refractivity contribution in [1.29, 1.82) is 0 Å². The molecule has 1 rings (SSSR count). The molecule has 76 valence electrons. The van der Waals surface area contributed by atoms with Crippen molar-refractivity contribution in [2.45, 2.75) is 0 Å². The molecule has 0 aliphatic rings. The van der Waals surface area contributed by atoms with Crippen LogP contribution in [0.2, 0.25) is 5.02 Å². The maximum Gasteiger partial charge on any atom is 0.238 e. The summed E-state index contributed by atoms with van der Waals surface area (Å²) in [5.41, 5.74) is 0.787. The van der Waals surface area contributed by atoms with E-state index >= 15 is 0 Å². The molecule has 0 atom stereocenters. The van der Waals surface area contributed by atoms with Gasteiger partial charge in [-0.15, -0.1) is 0 Å². The highest BCUT2D eigenvalue weighted by Crippen LogP contribution is 2.21. The molecule has 0 bridgehead atoms. The lowest BCUT2D eigenvalue weighted by molar-refractivity contribution is -0.115. The van der Waals surface area contributed by atoms with Crippen molar-refractivity contribution in [3.8, 4) is 0 Å². The average molecular weight is 325 g/mol. The van der Waals surface area contributed by atoms with Crippen LogP contribution in [0.3, 0.4) is 0 Å². The molecule has 0 aliphatic heterocycles. The second-order valence-corrected chi connectivity index (χ2v) is 4.30. The van der Waals surface area contributed by atoms with E-state index in [0.29, 0.717) is 11.6 Å². The van der Waals surface area contributed by atoms with E-state index in [2.05, 4.69) is 33.2 Å². The molecule has 5 heteroatoms. The van der Waals surface area contributed by atoms with E-state index in [-0.39, 0.29) is 5.91 Å². The molecule has 0 saturated heterocycles. The summed E-state index contributed by atoms with van der Waals surface area (Å²) in [7, 11) is 1.73. The Labute approximate surface area is 101 Å². The highest BCUT2D eigenvalue weighted by Gasteiger charge is 2.04. The Hall–Kier alpha value is -0.330. The lowest BCUT2D eigenvalue weighted by atomic mass is 10.3. The summed E-state index contributed by atoms with van der Waals surface area (Å²) in [6.45, 7) is 0.304. The summed E-state index contributed by atoms with van der Waals surface area (Å²) in [4.78, 5) is 11.2. The third-order valence-corrected chi connectivity index (χ3v) is 2.67. The van der Waals surface area contributed by atoms with Crippen LogP contribution in [0.4, 0.5) is 5.69 Å². The van der Waals surface area contributed by atoms with Gasteiger partial charge in [0, 0.05) is 8.59 Å². The van der Waals surface area contributed by atoms with E-state index in [4.69, 9.17) is 11.6 Å². The molecule has 0 unspecified atom stereocenters. The van der Waals surface area contributed by atoms with E-state index in [1.54, 1.807) is 25.2 Å². The van der Waals surface area contributed by atoms with E-state index in [1.807, 2.05) is 0 Å². The van der Waals surface area contributed by atoms with Crippen LogP contribution >= 0.6 is 34.2 Å². The Balaban J connectivity index is 2.72. The van der Waals surface area contributed by atoms with Gasteiger partial charge in [0.1, 0.15) is 0 Å². The predicted octanol–water partition coefficient (Wildman–Crippen LogP) is 2.10. The highest BCUT2D eigenvalue weighted by molar-refractivity contribution is 14.1. The van der Waals surface area contributed by atoms with E-state index in [9.17, 15) is 4.79 Å². The first-order valence-corrected chi connectivity index (χ1v) is 5.48. The molecule has 0 fully saturated rings. The third kappa shape index (κ3) is 3.43. The summed E-state index contributed by atoms with van der Waals surface area (Å²) in [5.74, 6) is -0.0623. The van der Waals surface area contributed by atoms with Gasteiger partial charge in [0.2, 0.25) is 5.91 Å². The van der Waals surface area contributed by atoms with E-state index in [0.717, 1.165) is 9.26 Å². The first kappa shape index (κ1) is 11.7. The number of anilines is 1. The van der Waals surface area contributed by atoms with Gasteiger partial charge in [-0.05, 0) is 47.8 Å². The van der Waals surface area contributed by atoms with Gasteiger partial charge in [0.15, 0.2) is 0 Å². The fraction of sp³-hybridized carbons (Fsp3) is 0.222. The molecule has 0 aliphatic carbocycles. The fourth-order valence-electron chi connectivity index (χ4n) is 0.946. The second kappa shape index (κ2) is 5.53. The largest absolute Gasteiger partial charge is 0.324 e. The van der Waals surface area contributed by atoms with Crippen LogP contribution in [0.5, 0.6) is 0 Å². The van der Waals surface area contributed by atoms with Crippen molar-refractivity contribution < 1.29 is 4.79 Å². The summed E-state index contributed by atoms with van der Waals surface area (Å²) in [6, 6.07) is 5.34. The Morgan fingerprint density at radius 3 is 2.86 bits per heavy atom. The molecule has 0 aromatic heterocycles. The summed E-state index contributed by atoms with van der Waals surface area (Å²) < 4.78 is 0.930. The average Bonchev–Trinajstić information content (AvgIpc) is 2.10. The molecule has 1 aromatic rings. The zero-order valence-electron chi connectivity index (χ0n) is 7.60. The van der Waals surface area contributed by atoms with Gasteiger partial charge in [-0.1, -0.05) is 11.6 Å². The van der Waals surface area contributed by atoms with Crippen molar-refractivity contribution in [1.82, 2.24) is 5.32 Å². The molecule has 1 amide bonds. The van der Waals surface area contributed by atoms with Gasteiger partial charge in [0.05, 0.1) is 12.2 Å². The van der Waals surface area contributed by atoms with E-state index in [1.165, 1.54) is 0 Å². The summed E-state index contributed by atoms with van der Waals surface area (Å²) >= 11 is 7.91. The lowest BCUT2D eigenvalue weighted by Crippen LogP contribution is -2.25. The number of nitrogens with one attached hydrogen (secondary N) is 2. The first-order valence-electron chi connectivity index (χ1n) is 4.03. The minimum Gasteiger partial charge on any atom is -0.324 e. The van der Waals surface area contributed by atoms with Gasteiger partial charge in [-0.25, -0.2) is 0 Å². The first-order chi connectivity index (χ1) is 6.63. The van der Waals surface area contributed by atoms with E-state index < -0.39 is 0 Å². The second-order valence-electron chi connectivity index (χ2n) is 2.70. The Kier molecular flexibility index (Phi) is 4.64. The minimum absolute atomic E-state index is 0.0623. The molecule has 0 heterocycles. The molecule has 0 spiro atoms. The number of amides is 1. The van der Waals surface area contributed by atoms with Crippen molar-refractivity contribution >= 4 is 45.8 Å². The number of carbonyl (C=O) groups excluding carboxylic acids is 1. The maximum atomic E-state index is 11.2. The van der Waals surface area contributed by atoms with Crippen LogP contribution in [0.15, 0.2) is 18.2 Å². The molecule has 0 radical (unpaired) electrons. The highest BCUT2D eigenvalue weighted by atomic mass is 127. The van der Waals surface area contributed by atoms with Crippen LogP contribution in [0.25, 0.3) is 0 Å². The molecular formula is C9H10ClIN2O. The summed E-state index contributed by atoms with van der Waals surface area (Å²) in [6.07, 6.45) is 0. The Bertz CT molecular complexity index is 344. The molecule has 0 saturated carbocycles. The Morgan fingerprint density at radius 1 is 1.57 bits per heavy atom. The van der Waals surface area contributed by atoms with Crippen LogP contribution in [-0.4, -0.2) is 19.5 Å². The van der Waals surface area contributed by atoms with Crippen LogP contribution in [0.1, 0.15) is 0 Å². The number of halogens is 2. The topological polar surface area (TPSA) is 41.1 Å². The Morgan fingerprint density at radius 2 is 2.29 bits per heavy atom. The number of carbonyl (C=O) groups is 1. The van der Waals surface area contributed by atoms with Gasteiger partial charge in [-0.2, -0.15) is 0 Å². The molecular weight excluding hydrogens is 314 g/mol. The van der Waals surface area contributed by atoms with Crippen molar-refractivity contribution in [2.24, 2.45) is 0 Å². The van der Waals surface area contributed by atoms with Gasteiger partial charge in [0.25, 0.3) is 0 Å². The number of rotatable bonds is 3.